The van der Waals surface area contributed by atoms with Crippen molar-refractivity contribution in [2.75, 3.05) is 42.3 Å². The summed E-state index contributed by atoms with van der Waals surface area (Å²) in [5.41, 5.74) is 1.39. The number of carbonyl (C=O) groups excluding carboxylic acids is 4. The summed E-state index contributed by atoms with van der Waals surface area (Å²) in [4.78, 5) is 62.1. The third kappa shape index (κ3) is 12.9. The zero-order chi connectivity index (χ0) is 41.2. The van der Waals surface area contributed by atoms with Gasteiger partial charge < -0.3 is 36.1 Å². The van der Waals surface area contributed by atoms with Gasteiger partial charge in [-0.3, -0.25) is 14.4 Å². The number of nitrogens with zero attached hydrogens (tertiary/aromatic N) is 3. The van der Waals surface area contributed by atoms with Gasteiger partial charge in [-0.2, -0.15) is 28.1 Å². The highest BCUT2D eigenvalue weighted by Gasteiger charge is 2.45. The van der Waals surface area contributed by atoms with Gasteiger partial charge in [-0.15, -0.1) is 0 Å². The summed E-state index contributed by atoms with van der Waals surface area (Å²) in [5, 5.41) is 14.6. The molecule has 18 heteroatoms. The SMILES string of the molecule is CCOC(=O)C=Cc1cccc(NC(=O)C(=O)NCC(C)(C)CNC(=O)c2ccc(Nc3nc(NC4(c5ccc(Cl)cc5)CC4)nc(OCC(F)(F)F)n3)cc2)c1. The van der Waals surface area contributed by atoms with E-state index in [1.54, 1.807) is 69.3 Å². The summed E-state index contributed by atoms with van der Waals surface area (Å²) in [5.74, 6) is -2.79. The fraction of sp³-hybridized carbons (Fsp3) is 0.308. The number of halogens is 4. The standard InChI is InChI=1S/C39H40ClF3N8O6/c1-4-56-30(52)17-8-24-6-5-7-29(20-24)46-33(55)32(54)45-22-37(2,3)21-44-31(53)25-9-15-28(16-10-25)47-34-48-35(50-36(49-34)57-23-39(41,42)43)51-38(18-19-38)26-11-13-27(40)14-12-26/h5-17,20H,4,18-19,21-23H2,1-3H3,(H,44,53)(H,45,54)(H,46,55)(H2,47,48,49,50,51). The first kappa shape index (κ1) is 41.9. The average molecular weight is 809 g/mol. The second-order valence-corrected chi connectivity index (χ2v) is 14.2. The van der Waals surface area contributed by atoms with Gasteiger partial charge in [0.2, 0.25) is 11.9 Å². The molecule has 0 saturated heterocycles. The van der Waals surface area contributed by atoms with Crippen LogP contribution in [-0.2, 0) is 24.7 Å². The number of hydrogen-bond acceptors (Lipinski definition) is 11. The Balaban J connectivity index is 1.14. The number of esters is 1. The van der Waals surface area contributed by atoms with Crippen LogP contribution in [0.3, 0.4) is 0 Å². The predicted molar refractivity (Wildman–Crippen MR) is 207 cm³/mol. The van der Waals surface area contributed by atoms with E-state index >= 15 is 0 Å². The van der Waals surface area contributed by atoms with Crippen molar-refractivity contribution in [3.63, 3.8) is 0 Å². The first-order chi connectivity index (χ1) is 27.0. The first-order valence-corrected chi connectivity index (χ1v) is 18.1. The van der Waals surface area contributed by atoms with Crippen molar-refractivity contribution in [3.05, 3.63) is 101 Å². The van der Waals surface area contributed by atoms with Crippen LogP contribution < -0.4 is 31.3 Å². The number of alkyl halides is 3. The Morgan fingerprint density at radius 3 is 2.21 bits per heavy atom. The number of rotatable bonds is 16. The van der Waals surface area contributed by atoms with Crippen molar-refractivity contribution in [2.45, 2.75) is 45.3 Å². The number of benzene rings is 3. The molecule has 5 N–H and O–H groups in total. The van der Waals surface area contributed by atoms with Crippen LogP contribution in [0.1, 0.15) is 55.1 Å². The van der Waals surface area contributed by atoms with Crippen LogP contribution in [0.4, 0.5) is 36.4 Å². The minimum absolute atomic E-state index is 0.000548. The molecule has 1 fully saturated rings. The predicted octanol–water partition coefficient (Wildman–Crippen LogP) is 6.40. The summed E-state index contributed by atoms with van der Waals surface area (Å²) >= 11 is 6.04. The lowest BCUT2D eigenvalue weighted by Gasteiger charge is -2.25. The Morgan fingerprint density at radius 1 is 0.860 bits per heavy atom. The molecule has 1 aliphatic carbocycles. The highest BCUT2D eigenvalue weighted by Crippen LogP contribution is 2.48. The third-order valence-corrected chi connectivity index (χ3v) is 8.64. The van der Waals surface area contributed by atoms with Gasteiger partial charge in [-0.05, 0) is 90.9 Å². The van der Waals surface area contributed by atoms with Crippen LogP contribution in [0.5, 0.6) is 6.01 Å². The highest BCUT2D eigenvalue weighted by atomic mass is 35.5. The van der Waals surface area contributed by atoms with Gasteiger partial charge in [0.1, 0.15) is 0 Å². The van der Waals surface area contributed by atoms with Crippen LogP contribution in [0.15, 0.2) is 78.9 Å². The van der Waals surface area contributed by atoms with Crippen molar-refractivity contribution in [1.29, 1.82) is 0 Å². The van der Waals surface area contributed by atoms with Crippen LogP contribution in [0.25, 0.3) is 6.08 Å². The molecular formula is C39H40ClF3N8O6. The Labute approximate surface area is 331 Å². The van der Waals surface area contributed by atoms with E-state index < -0.39 is 53.4 Å². The molecule has 0 unspecified atom stereocenters. The minimum Gasteiger partial charge on any atom is -0.463 e. The van der Waals surface area contributed by atoms with Gasteiger partial charge in [-0.1, -0.05) is 49.7 Å². The fourth-order valence-corrected chi connectivity index (χ4v) is 5.38. The summed E-state index contributed by atoms with van der Waals surface area (Å²) in [6, 6.07) is 19.4. The average Bonchev–Trinajstić information content (AvgIpc) is 3.95. The molecule has 1 saturated carbocycles. The van der Waals surface area contributed by atoms with E-state index in [-0.39, 0.29) is 31.6 Å². The zero-order valence-corrected chi connectivity index (χ0v) is 31.9. The molecule has 57 heavy (non-hydrogen) atoms. The summed E-state index contributed by atoms with van der Waals surface area (Å²) in [6.45, 7) is 4.12. The molecule has 3 amide bonds. The van der Waals surface area contributed by atoms with Gasteiger partial charge in [0.05, 0.1) is 12.1 Å². The lowest BCUT2D eigenvalue weighted by Crippen LogP contribution is -2.44. The van der Waals surface area contributed by atoms with Crippen LogP contribution in [0, 0.1) is 5.41 Å². The smallest absolute Gasteiger partial charge is 0.422 e. The van der Waals surface area contributed by atoms with Crippen molar-refractivity contribution in [3.8, 4) is 6.01 Å². The zero-order valence-electron chi connectivity index (χ0n) is 31.1. The Hall–Kier alpha value is -6.23. The van der Waals surface area contributed by atoms with E-state index in [0.717, 1.165) is 18.4 Å². The van der Waals surface area contributed by atoms with Crippen LogP contribution in [-0.4, -0.2) is 71.1 Å². The first-order valence-electron chi connectivity index (χ1n) is 17.7. The minimum atomic E-state index is -4.62. The molecule has 14 nitrogen and oxygen atoms in total. The lowest BCUT2D eigenvalue weighted by molar-refractivity contribution is -0.154. The van der Waals surface area contributed by atoms with Crippen molar-refractivity contribution in [2.24, 2.45) is 5.41 Å². The molecule has 300 valence electrons. The number of anilines is 4. The maximum atomic E-state index is 13.0. The Morgan fingerprint density at radius 2 is 1.54 bits per heavy atom. The molecule has 1 aromatic heterocycles. The number of ether oxygens (including phenoxy) is 2. The number of nitrogens with one attached hydrogen (secondary N) is 5. The highest BCUT2D eigenvalue weighted by molar-refractivity contribution is 6.39. The van der Waals surface area contributed by atoms with E-state index in [1.807, 2.05) is 12.1 Å². The van der Waals surface area contributed by atoms with Crippen molar-refractivity contribution < 1.29 is 41.8 Å². The summed E-state index contributed by atoms with van der Waals surface area (Å²) in [6.07, 6.45) is -0.387. The number of carbonyl (C=O) groups is 4. The van der Waals surface area contributed by atoms with Gasteiger partial charge >= 0.3 is 30.0 Å². The van der Waals surface area contributed by atoms with E-state index in [1.165, 1.54) is 24.3 Å². The quantitative estimate of drug-likeness (QED) is 0.0480. The van der Waals surface area contributed by atoms with Gasteiger partial charge in [0, 0.05) is 41.1 Å². The molecule has 3 aromatic carbocycles. The maximum absolute atomic E-state index is 13.0. The molecule has 1 aliphatic rings. The lowest BCUT2D eigenvalue weighted by atomic mass is 9.93. The van der Waals surface area contributed by atoms with E-state index in [0.29, 0.717) is 27.5 Å². The molecular weight excluding hydrogens is 769 g/mol. The summed E-state index contributed by atoms with van der Waals surface area (Å²) in [7, 11) is 0. The number of aromatic nitrogens is 3. The van der Waals surface area contributed by atoms with Crippen LogP contribution >= 0.6 is 11.6 Å². The molecule has 0 atom stereocenters. The summed E-state index contributed by atoms with van der Waals surface area (Å²) < 4.78 is 48.6. The fourth-order valence-electron chi connectivity index (χ4n) is 5.25. The van der Waals surface area contributed by atoms with Gasteiger partial charge in [0.15, 0.2) is 6.61 Å². The van der Waals surface area contributed by atoms with E-state index in [9.17, 15) is 32.3 Å². The molecule has 0 aliphatic heterocycles. The van der Waals surface area contributed by atoms with E-state index in [4.69, 9.17) is 21.1 Å². The monoisotopic (exact) mass is 808 g/mol. The Kier molecular flexibility index (Phi) is 13.3. The second kappa shape index (κ2) is 18.1. The topological polar surface area (TPSA) is 186 Å². The van der Waals surface area contributed by atoms with Crippen LogP contribution in [0.2, 0.25) is 5.02 Å². The normalized spacial score (nSPS) is 13.3. The van der Waals surface area contributed by atoms with Gasteiger partial charge in [-0.25, -0.2) is 4.79 Å². The molecule has 0 spiro atoms. The number of amides is 3. The Bertz CT molecular complexity index is 2110. The molecule has 1 heterocycles. The number of hydrogen-bond donors (Lipinski definition) is 5. The second-order valence-electron chi connectivity index (χ2n) is 13.8. The third-order valence-electron chi connectivity index (χ3n) is 8.39. The molecule has 0 bridgehead atoms. The van der Waals surface area contributed by atoms with Crippen molar-refractivity contribution in [1.82, 2.24) is 25.6 Å². The maximum Gasteiger partial charge on any atom is 0.422 e. The molecule has 4 aromatic rings. The van der Waals surface area contributed by atoms with Gasteiger partial charge in [0.25, 0.3) is 5.91 Å². The van der Waals surface area contributed by atoms with Crippen molar-refractivity contribution >= 4 is 64.6 Å². The molecule has 5 rings (SSSR count). The molecule has 0 radical (unpaired) electrons. The van der Waals surface area contributed by atoms with E-state index in [2.05, 4.69) is 41.5 Å². The largest absolute Gasteiger partial charge is 0.463 e.